The minimum atomic E-state index is -0.479. The molecule has 4 heteroatoms. The highest BCUT2D eigenvalue weighted by atomic mass is 16.5. The van der Waals surface area contributed by atoms with E-state index in [0.29, 0.717) is 19.2 Å². The highest BCUT2D eigenvalue weighted by molar-refractivity contribution is 5.88. The molecule has 2 aromatic rings. The molecule has 0 spiro atoms. The fraction of sp³-hybridized carbons (Fsp3) is 0.524. The maximum Gasteiger partial charge on any atom is 0.127 e. The molecule has 25 heavy (non-hydrogen) atoms. The first-order valence-corrected chi connectivity index (χ1v) is 9.38. The lowest BCUT2D eigenvalue weighted by Crippen LogP contribution is -2.46. The number of hydrogen-bond donors (Lipinski definition) is 1. The van der Waals surface area contributed by atoms with E-state index < -0.39 is 6.10 Å². The Balaban J connectivity index is 1.50. The second-order valence-electron chi connectivity index (χ2n) is 7.05. The average molecular weight is 342 g/mol. The zero-order chi connectivity index (χ0) is 17.6. The molecule has 4 nitrogen and oxygen atoms in total. The first-order chi connectivity index (χ1) is 12.2. The maximum atomic E-state index is 10.4. The lowest BCUT2D eigenvalue weighted by molar-refractivity contribution is 0.0482. The molecule has 0 radical (unpaired) electrons. The van der Waals surface area contributed by atoms with Gasteiger partial charge in [-0.3, -0.25) is 0 Å². The van der Waals surface area contributed by atoms with Gasteiger partial charge in [-0.1, -0.05) is 43.3 Å². The van der Waals surface area contributed by atoms with Gasteiger partial charge in [-0.05, 0) is 51.0 Å². The van der Waals surface area contributed by atoms with Crippen LogP contribution in [0.2, 0.25) is 0 Å². The molecule has 1 fully saturated rings. The summed E-state index contributed by atoms with van der Waals surface area (Å²) in [6.45, 7) is 6.66. The van der Waals surface area contributed by atoms with Crippen LogP contribution in [0.1, 0.15) is 19.8 Å². The van der Waals surface area contributed by atoms with Gasteiger partial charge in [0.15, 0.2) is 0 Å². The molecular weight excluding hydrogens is 312 g/mol. The van der Waals surface area contributed by atoms with Crippen molar-refractivity contribution in [3.05, 3.63) is 42.5 Å². The Kier molecular flexibility index (Phi) is 6.29. The first kappa shape index (κ1) is 18.2. The molecule has 1 saturated heterocycles. The van der Waals surface area contributed by atoms with E-state index in [-0.39, 0.29) is 0 Å². The molecule has 0 aliphatic carbocycles. The maximum absolute atomic E-state index is 10.4. The highest BCUT2D eigenvalue weighted by Crippen LogP contribution is 2.25. The van der Waals surface area contributed by atoms with Crippen molar-refractivity contribution in [2.75, 3.05) is 39.8 Å². The zero-order valence-electron chi connectivity index (χ0n) is 15.4. The van der Waals surface area contributed by atoms with E-state index in [1.807, 2.05) is 24.3 Å². The van der Waals surface area contributed by atoms with E-state index in [1.165, 1.54) is 12.8 Å². The normalized spacial score (nSPS) is 17.9. The predicted octanol–water partition coefficient (Wildman–Crippen LogP) is 3.00. The quantitative estimate of drug-likeness (QED) is 0.839. The number of likely N-dealkylation sites (N-methyl/N-ethyl adjacent to an activating group) is 1. The Labute approximate surface area is 151 Å². The van der Waals surface area contributed by atoms with Crippen LogP contribution in [0.5, 0.6) is 5.75 Å². The summed E-state index contributed by atoms with van der Waals surface area (Å²) in [6, 6.07) is 14.8. The molecule has 0 aromatic heterocycles. The van der Waals surface area contributed by atoms with E-state index in [0.717, 1.165) is 36.2 Å². The van der Waals surface area contributed by atoms with Crippen LogP contribution in [-0.2, 0) is 0 Å². The van der Waals surface area contributed by atoms with Gasteiger partial charge in [-0.25, -0.2) is 0 Å². The minimum absolute atomic E-state index is 0.326. The van der Waals surface area contributed by atoms with Crippen LogP contribution >= 0.6 is 0 Å². The van der Waals surface area contributed by atoms with Crippen LogP contribution in [-0.4, -0.2) is 66.9 Å². The average Bonchev–Trinajstić information content (AvgIpc) is 2.66. The lowest BCUT2D eigenvalue weighted by Gasteiger charge is -2.37. The Bertz CT molecular complexity index is 662. The van der Waals surface area contributed by atoms with E-state index in [4.69, 9.17) is 4.74 Å². The molecule has 1 N–H and O–H groups in total. The molecule has 1 heterocycles. The molecule has 0 saturated carbocycles. The Morgan fingerprint density at radius 2 is 1.88 bits per heavy atom. The summed E-state index contributed by atoms with van der Waals surface area (Å²) in [5.41, 5.74) is 0. The number of ether oxygens (including phenoxy) is 1. The molecule has 0 amide bonds. The zero-order valence-corrected chi connectivity index (χ0v) is 15.4. The SMILES string of the molecule is CCN1CCC(N(C)CC(O)COc2cccc3ccccc23)CC1. The van der Waals surface area contributed by atoms with Crippen LogP contribution in [0.15, 0.2) is 42.5 Å². The third kappa shape index (κ3) is 4.72. The number of nitrogens with zero attached hydrogens (tertiary/aromatic N) is 2. The van der Waals surface area contributed by atoms with Crippen molar-refractivity contribution in [2.45, 2.75) is 31.9 Å². The van der Waals surface area contributed by atoms with Crippen molar-refractivity contribution in [1.82, 2.24) is 9.80 Å². The summed E-state index contributed by atoms with van der Waals surface area (Å²) in [4.78, 5) is 4.79. The van der Waals surface area contributed by atoms with Gasteiger partial charge >= 0.3 is 0 Å². The molecule has 0 bridgehead atoms. The first-order valence-electron chi connectivity index (χ1n) is 9.38. The Morgan fingerprint density at radius 1 is 1.16 bits per heavy atom. The number of benzene rings is 2. The monoisotopic (exact) mass is 342 g/mol. The number of hydrogen-bond acceptors (Lipinski definition) is 4. The van der Waals surface area contributed by atoms with Gasteiger partial charge in [0.05, 0.1) is 0 Å². The summed E-state index contributed by atoms with van der Waals surface area (Å²) in [6.07, 6.45) is 1.89. The number of rotatable bonds is 7. The second-order valence-corrected chi connectivity index (χ2v) is 7.05. The van der Waals surface area contributed by atoms with Crippen molar-refractivity contribution in [3.8, 4) is 5.75 Å². The van der Waals surface area contributed by atoms with Gasteiger partial charge < -0.3 is 19.6 Å². The van der Waals surface area contributed by atoms with Gasteiger partial charge in [-0.15, -0.1) is 0 Å². The molecule has 1 unspecified atom stereocenters. The van der Waals surface area contributed by atoms with Gasteiger partial charge in [0.1, 0.15) is 18.5 Å². The van der Waals surface area contributed by atoms with Crippen LogP contribution in [0.3, 0.4) is 0 Å². The largest absolute Gasteiger partial charge is 0.490 e. The lowest BCUT2D eigenvalue weighted by atomic mass is 10.0. The summed E-state index contributed by atoms with van der Waals surface area (Å²) < 4.78 is 5.92. The fourth-order valence-electron chi connectivity index (χ4n) is 3.72. The summed E-state index contributed by atoms with van der Waals surface area (Å²) in [5.74, 6) is 0.844. The molecule has 3 rings (SSSR count). The van der Waals surface area contributed by atoms with E-state index in [9.17, 15) is 5.11 Å². The number of piperidine rings is 1. The van der Waals surface area contributed by atoms with Gasteiger partial charge in [-0.2, -0.15) is 0 Å². The van der Waals surface area contributed by atoms with Crippen molar-refractivity contribution in [2.24, 2.45) is 0 Å². The highest BCUT2D eigenvalue weighted by Gasteiger charge is 2.23. The standard InChI is InChI=1S/C21H30N2O2/c1-3-23-13-11-18(12-14-23)22(2)15-19(24)16-25-21-10-6-8-17-7-4-5-9-20(17)21/h4-10,18-19,24H,3,11-16H2,1-2H3. The third-order valence-electron chi connectivity index (χ3n) is 5.31. The molecule has 2 aromatic carbocycles. The number of aliphatic hydroxyl groups excluding tert-OH is 1. The smallest absolute Gasteiger partial charge is 0.127 e. The molecular formula is C21H30N2O2. The van der Waals surface area contributed by atoms with E-state index in [2.05, 4.69) is 42.0 Å². The van der Waals surface area contributed by atoms with Gasteiger partial charge in [0, 0.05) is 18.0 Å². The summed E-state index contributed by atoms with van der Waals surface area (Å²) >= 11 is 0. The molecule has 1 atom stereocenters. The van der Waals surface area contributed by atoms with Crippen molar-refractivity contribution in [3.63, 3.8) is 0 Å². The van der Waals surface area contributed by atoms with E-state index in [1.54, 1.807) is 0 Å². The number of fused-ring (bicyclic) bond motifs is 1. The number of likely N-dealkylation sites (tertiary alicyclic amines) is 1. The molecule has 1 aliphatic heterocycles. The topological polar surface area (TPSA) is 35.9 Å². The number of aliphatic hydroxyl groups is 1. The van der Waals surface area contributed by atoms with Gasteiger partial charge in [0.2, 0.25) is 0 Å². The second kappa shape index (κ2) is 8.65. The van der Waals surface area contributed by atoms with Crippen molar-refractivity contribution >= 4 is 10.8 Å². The Morgan fingerprint density at radius 3 is 2.64 bits per heavy atom. The van der Waals surface area contributed by atoms with Crippen LogP contribution in [0, 0.1) is 0 Å². The Hall–Kier alpha value is -1.62. The third-order valence-corrected chi connectivity index (χ3v) is 5.31. The van der Waals surface area contributed by atoms with Crippen molar-refractivity contribution in [1.29, 1.82) is 0 Å². The summed E-state index contributed by atoms with van der Waals surface area (Å²) in [5, 5.41) is 12.7. The predicted molar refractivity (Wildman–Crippen MR) is 103 cm³/mol. The fourth-order valence-corrected chi connectivity index (χ4v) is 3.72. The molecule has 1 aliphatic rings. The van der Waals surface area contributed by atoms with Crippen LogP contribution < -0.4 is 4.74 Å². The molecule has 136 valence electrons. The van der Waals surface area contributed by atoms with Crippen molar-refractivity contribution < 1.29 is 9.84 Å². The summed E-state index contributed by atoms with van der Waals surface area (Å²) in [7, 11) is 2.12. The van der Waals surface area contributed by atoms with Crippen LogP contribution in [0.4, 0.5) is 0 Å². The minimum Gasteiger partial charge on any atom is -0.490 e. The van der Waals surface area contributed by atoms with E-state index >= 15 is 0 Å². The van der Waals surface area contributed by atoms with Gasteiger partial charge in [0.25, 0.3) is 0 Å². The van der Waals surface area contributed by atoms with Crippen LogP contribution in [0.25, 0.3) is 10.8 Å².